The Kier molecular flexibility index (Phi) is 6.72. The highest BCUT2D eigenvalue weighted by Crippen LogP contribution is 2.25. The van der Waals surface area contributed by atoms with Gasteiger partial charge in [0.25, 0.3) is 0 Å². The first-order chi connectivity index (χ1) is 9.56. The van der Waals surface area contributed by atoms with Crippen LogP contribution in [-0.4, -0.2) is 33.2 Å². The van der Waals surface area contributed by atoms with Crippen LogP contribution in [0.4, 0.5) is 8.78 Å². The molecular formula is C13H18F2N2O3. The van der Waals surface area contributed by atoms with Crippen molar-refractivity contribution in [1.82, 2.24) is 10.6 Å². The van der Waals surface area contributed by atoms with Crippen LogP contribution >= 0.6 is 0 Å². The number of amides is 1. The minimum atomic E-state index is -2.91. The summed E-state index contributed by atoms with van der Waals surface area (Å²) in [5, 5.41) is 5.49. The van der Waals surface area contributed by atoms with E-state index in [1.807, 2.05) is 0 Å². The van der Waals surface area contributed by atoms with E-state index in [0.717, 1.165) is 0 Å². The molecule has 7 heteroatoms. The van der Waals surface area contributed by atoms with Crippen molar-refractivity contribution >= 4 is 5.91 Å². The molecule has 0 atom stereocenters. The lowest BCUT2D eigenvalue weighted by molar-refractivity contribution is -0.121. The van der Waals surface area contributed by atoms with E-state index in [9.17, 15) is 13.6 Å². The number of ether oxygens (including phenoxy) is 2. The van der Waals surface area contributed by atoms with Gasteiger partial charge in [0.1, 0.15) is 11.5 Å². The number of nitrogens with one attached hydrogen (secondary N) is 2. The third-order valence-corrected chi connectivity index (χ3v) is 2.56. The van der Waals surface area contributed by atoms with Gasteiger partial charge >= 0.3 is 6.61 Å². The van der Waals surface area contributed by atoms with Crippen LogP contribution in [0.25, 0.3) is 0 Å². The Hall–Kier alpha value is -1.89. The largest absolute Gasteiger partial charge is 0.497 e. The van der Waals surface area contributed by atoms with Crippen molar-refractivity contribution in [2.45, 2.75) is 19.6 Å². The number of halogens is 2. The second-order valence-electron chi connectivity index (χ2n) is 3.98. The lowest BCUT2D eigenvalue weighted by Crippen LogP contribution is -2.26. The van der Waals surface area contributed by atoms with Gasteiger partial charge in [0.2, 0.25) is 5.91 Å². The summed E-state index contributed by atoms with van der Waals surface area (Å²) in [6, 6.07) is 4.46. The molecule has 0 spiro atoms. The van der Waals surface area contributed by atoms with E-state index in [0.29, 0.717) is 24.3 Å². The van der Waals surface area contributed by atoms with Crippen LogP contribution in [0, 0.1) is 0 Å². The molecule has 5 nitrogen and oxygen atoms in total. The van der Waals surface area contributed by atoms with Crippen LogP contribution in [-0.2, 0) is 11.3 Å². The van der Waals surface area contributed by atoms with Crippen LogP contribution in [0.3, 0.4) is 0 Å². The second-order valence-corrected chi connectivity index (χ2v) is 3.98. The number of hydrogen-bond donors (Lipinski definition) is 2. The van der Waals surface area contributed by atoms with E-state index >= 15 is 0 Å². The Balaban J connectivity index is 2.71. The van der Waals surface area contributed by atoms with E-state index in [4.69, 9.17) is 4.74 Å². The van der Waals surface area contributed by atoms with E-state index in [2.05, 4.69) is 15.4 Å². The minimum Gasteiger partial charge on any atom is -0.497 e. The molecule has 0 aromatic heterocycles. The fourth-order valence-electron chi connectivity index (χ4n) is 1.55. The van der Waals surface area contributed by atoms with Crippen molar-refractivity contribution in [3.63, 3.8) is 0 Å². The van der Waals surface area contributed by atoms with Gasteiger partial charge in [-0.2, -0.15) is 8.78 Å². The maximum absolute atomic E-state index is 12.3. The van der Waals surface area contributed by atoms with Gasteiger partial charge in [-0.15, -0.1) is 0 Å². The zero-order chi connectivity index (χ0) is 15.0. The summed E-state index contributed by atoms with van der Waals surface area (Å²) < 4.78 is 34.0. The maximum Gasteiger partial charge on any atom is 0.387 e. The first-order valence-electron chi connectivity index (χ1n) is 6.10. The molecule has 1 aromatic rings. The molecule has 0 radical (unpaired) electrons. The summed E-state index contributed by atoms with van der Waals surface area (Å²) in [6.07, 6.45) is 0.311. The normalized spacial score (nSPS) is 10.4. The average Bonchev–Trinajstić information content (AvgIpc) is 2.43. The smallest absolute Gasteiger partial charge is 0.387 e. The SMILES string of the molecule is CNCCC(=O)NCc1cc(OC)ccc1OC(F)F. The molecule has 0 aliphatic heterocycles. The molecule has 0 saturated carbocycles. The monoisotopic (exact) mass is 288 g/mol. The average molecular weight is 288 g/mol. The van der Waals surface area contributed by atoms with E-state index < -0.39 is 6.61 Å². The van der Waals surface area contributed by atoms with E-state index in [-0.39, 0.29) is 18.2 Å². The van der Waals surface area contributed by atoms with Crippen LogP contribution in [0.15, 0.2) is 18.2 Å². The molecule has 0 heterocycles. The Labute approximate surface area is 116 Å². The first kappa shape index (κ1) is 16.2. The van der Waals surface area contributed by atoms with Crippen molar-refractivity contribution in [3.8, 4) is 11.5 Å². The zero-order valence-corrected chi connectivity index (χ0v) is 11.4. The van der Waals surface area contributed by atoms with Crippen molar-refractivity contribution in [3.05, 3.63) is 23.8 Å². The summed E-state index contributed by atoms with van der Waals surface area (Å²) >= 11 is 0. The molecule has 1 aromatic carbocycles. The molecule has 0 aliphatic rings. The number of carbonyl (C=O) groups is 1. The van der Waals surface area contributed by atoms with Gasteiger partial charge in [0.05, 0.1) is 7.11 Å². The minimum absolute atomic E-state index is 0.0229. The molecule has 0 saturated heterocycles. The van der Waals surface area contributed by atoms with Gasteiger partial charge in [-0.25, -0.2) is 0 Å². The zero-order valence-electron chi connectivity index (χ0n) is 11.4. The number of rotatable bonds is 8. The quantitative estimate of drug-likeness (QED) is 0.761. The fourth-order valence-corrected chi connectivity index (χ4v) is 1.55. The Morgan fingerprint density at radius 3 is 2.75 bits per heavy atom. The topological polar surface area (TPSA) is 59.6 Å². The molecular weight excluding hydrogens is 270 g/mol. The predicted molar refractivity (Wildman–Crippen MR) is 70.0 cm³/mol. The number of benzene rings is 1. The van der Waals surface area contributed by atoms with Crippen LogP contribution in [0.2, 0.25) is 0 Å². The number of methoxy groups -OCH3 is 1. The van der Waals surface area contributed by atoms with Gasteiger partial charge in [-0.05, 0) is 25.2 Å². The van der Waals surface area contributed by atoms with Gasteiger partial charge in [-0.1, -0.05) is 0 Å². The van der Waals surface area contributed by atoms with E-state index in [1.54, 1.807) is 13.1 Å². The molecule has 0 aliphatic carbocycles. The van der Waals surface area contributed by atoms with E-state index in [1.165, 1.54) is 19.2 Å². The Morgan fingerprint density at radius 1 is 1.40 bits per heavy atom. The molecule has 0 fully saturated rings. The highest BCUT2D eigenvalue weighted by atomic mass is 19.3. The van der Waals surface area contributed by atoms with Crippen LogP contribution in [0.1, 0.15) is 12.0 Å². The molecule has 20 heavy (non-hydrogen) atoms. The van der Waals surface area contributed by atoms with Crippen molar-refractivity contribution in [1.29, 1.82) is 0 Å². The molecule has 1 amide bonds. The van der Waals surface area contributed by atoms with Crippen LogP contribution < -0.4 is 20.1 Å². The lowest BCUT2D eigenvalue weighted by Gasteiger charge is -2.13. The molecule has 112 valence electrons. The number of hydrogen-bond acceptors (Lipinski definition) is 4. The summed E-state index contributed by atoms with van der Waals surface area (Å²) in [5.41, 5.74) is 0.433. The Bertz CT molecular complexity index is 442. The van der Waals surface area contributed by atoms with Crippen molar-refractivity contribution in [2.75, 3.05) is 20.7 Å². The summed E-state index contributed by atoms with van der Waals surface area (Å²) in [4.78, 5) is 11.5. The first-order valence-corrected chi connectivity index (χ1v) is 6.10. The van der Waals surface area contributed by atoms with Crippen molar-refractivity contribution < 1.29 is 23.0 Å². The van der Waals surface area contributed by atoms with Crippen molar-refractivity contribution in [2.24, 2.45) is 0 Å². The fraction of sp³-hybridized carbons (Fsp3) is 0.462. The van der Waals surface area contributed by atoms with Gasteiger partial charge in [0, 0.05) is 25.1 Å². The molecule has 0 unspecified atom stereocenters. The maximum atomic E-state index is 12.3. The molecule has 0 bridgehead atoms. The summed E-state index contributed by atoms with van der Waals surface area (Å²) in [7, 11) is 3.21. The Morgan fingerprint density at radius 2 is 2.15 bits per heavy atom. The molecule has 1 rings (SSSR count). The summed E-state index contributed by atoms with van der Waals surface area (Å²) in [5.74, 6) is 0.353. The third-order valence-electron chi connectivity index (χ3n) is 2.56. The second kappa shape index (κ2) is 8.31. The van der Waals surface area contributed by atoms with Gasteiger partial charge < -0.3 is 20.1 Å². The number of alkyl halides is 2. The predicted octanol–water partition coefficient (Wildman–Crippen LogP) is 1.52. The van der Waals surface area contributed by atoms with Gasteiger partial charge in [-0.3, -0.25) is 4.79 Å². The number of carbonyl (C=O) groups excluding carboxylic acids is 1. The summed E-state index contributed by atoms with van der Waals surface area (Å²) in [6.45, 7) is -2.27. The third kappa shape index (κ3) is 5.40. The highest BCUT2D eigenvalue weighted by Gasteiger charge is 2.11. The highest BCUT2D eigenvalue weighted by molar-refractivity contribution is 5.76. The lowest BCUT2D eigenvalue weighted by atomic mass is 10.2. The standard InChI is InChI=1S/C13H18F2N2O3/c1-16-6-5-12(18)17-8-9-7-10(19-2)3-4-11(9)20-13(14)15/h3-4,7,13,16H,5-6,8H2,1-2H3,(H,17,18). The van der Waals surface area contributed by atoms with Gasteiger partial charge in [0.15, 0.2) is 0 Å². The van der Waals surface area contributed by atoms with Crippen LogP contribution in [0.5, 0.6) is 11.5 Å². The molecule has 2 N–H and O–H groups in total.